The predicted octanol–water partition coefficient (Wildman–Crippen LogP) is 16.5. The van der Waals surface area contributed by atoms with Gasteiger partial charge in [-0.2, -0.15) is 0 Å². The zero-order valence-corrected chi connectivity index (χ0v) is 36.9. The molecule has 4 saturated carbocycles. The van der Waals surface area contributed by atoms with Crippen LogP contribution >= 0.6 is 0 Å². The molecule has 5 aliphatic carbocycles. The van der Waals surface area contributed by atoms with Crippen LogP contribution in [0, 0.1) is 23.7 Å². The van der Waals surface area contributed by atoms with Gasteiger partial charge in [-0.25, -0.2) is 9.97 Å². The fourth-order valence-corrected chi connectivity index (χ4v) is 13.7. The third kappa shape index (κ3) is 5.80. The zero-order chi connectivity index (χ0) is 43.3. The molecule has 1 spiro atoms. The first-order valence-electron chi connectivity index (χ1n) is 24.1. The van der Waals surface area contributed by atoms with Crippen LogP contribution in [0.3, 0.4) is 0 Å². The molecule has 66 heavy (non-hydrogen) atoms. The lowest BCUT2D eigenvalue weighted by Gasteiger charge is -2.61. The molecule has 4 fully saturated rings. The maximum atomic E-state index is 5.27. The van der Waals surface area contributed by atoms with Crippen LogP contribution in [-0.4, -0.2) is 9.97 Å². The molecule has 314 valence electrons. The summed E-state index contributed by atoms with van der Waals surface area (Å²) < 4.78 is 0. The Morgan fingerprint density at radius 3 is 1.56 bits per heavy atom. The van der Waals surface area contributed by atoms with Crippen LogP contribution in [0.4, 0.5) is 0 Å². The lowest BCUT2D eigenvalue weighted by atomic mass is 9.43. The molecule has 4 bridgehead atoms. The molecule has 10 aromatic rings. The molecule has 1 heterocycles. The maximum absolute atomic E-state index is 5.27. The van der Waals surface area contributed by atoms with Crippen LogP contribution in [0.25, 0.3) is 100.0 Å². The first kappa shape index (κ1) is 37.9. The van der Waals surface area contributed by atoms with Gasteiger partial charge in [-0.15, -0.1) is 0 Å². The second-order valence-electron chi connectivity index (χ2n) is 19.7. The van der Waals surface area contributed by atoms with Gasteiger partial charge in [0, 0.05) is 22.1 Å². The summed E-state index contributed by atoms with van der Waals surface area (Å²) in [5, 5.41) is 5.11. The van der Waals surface area contributed by atoms with Gasteiger partial charge < -0.3 is 0 Å². The Morgan fingerprint density at radius 2 is 0.864 bits per heavy atom. The second-order valence-corrected chi connectivity index (χ2v) is 19.7. The van der Waals surface area contributed by atoms with Gasteiger partial charge in [0.2, 0.25) is 0 Å². The fraction of sp³-hybridized carbons (Fsp3) is 0.156. The van der Waals surface area contributed by atoms with Crippen molar-refractivity contribution in [3.05, 3.63) is 217 Å². The Labute approximate surface area is 386 Å². The Bertz CT molecular complexity index is 3490. The molecule has 0 amide bonds. The lowest BCUT2D eigenvalue weighted by Crippen LogP contribution is -2.55. The summed E-state index contributed by atoms with van der Waals surface area (Å²) in [4.78, 5) is 10.4. The van der Waals surface area contributed by atoms with Crippen molar-refractivity contribution in [2.75, 3.05) is 0 Å². The average Bonchev–Trinajstić information content (AvgIpc) is 3.66. The Balaban J connectivity index is 0.862. The molecular formula is C64H48N2. The number of hydrogen-bond acceptors (Lipinski definition) is 2. The average molecular weight is 845 g/mol. The van der Waals surface area contributed by atoms with Crippen LogP contribution < -0.4 is 0 Å². The van der Waals surface area contributed by atoms with Gasteiger partial charge in [-0.3, -0.25) is 0 Å². The Morgan fingerprint density at radius 1 is 0.333 bits per heavy atom. The minimum Gasteiger partial charge on any atom is -0.228 e. The molecular weight excluding hydrogens is 797 g/mol. The summed E-state index contributed by atoms with van der Waals surface area (Å²) in [6.07, 6.45) is 7.02. The molecule has 0 unspecified atom stereocenters. The van der Waals surface area contributed by atoms with Crippen molar-refractivity contribution >= 4 is 21.5 Å². The quantitative estimate of drug-likeness (QED) is 0.167. The van der Waals surface area contributed by atoms with Crippen molar-refractivity contribution in [1.29, 1.82) is 0 Å². The molecule has 0 aliphatic heterocycles. The maximum Gasteiger partial charge on any atom is 0.160 e. The van der Waals surface area contributed by atoms with E-state index in [1.54, 1.807) is 11.1 Å². The molecule has 0 atom stereocenters. The minimum atomic E-state index is 0.123. The molecule has 5 aliphatic rings. The summed E-state index contributed by atoms with van der Waals surface area (Å²) in [7, 11) is 0. The molecule has 2 heteroatoms. The van der Waals surface area contributed by atoms with Gasteiger partial charge in [0.1, 0.15) is 0 Å². The van der Waals surface area contributed by atoms with Crippen LogP contribution in [0.5, 0.6) is 0 Å². The summed E-state index contributed by atoms with van der Waals surface area (Å²) in [6, 6.07) is 76.1. The van der Waals surface area contributed by atoms with E-state index >= 15 is 0 Å². The van der Waals surface area contributed by atoms with Crippen LogP contribution in [-0.2, 0) is 5.41 Å². The van der Waals surface area contributed by atoms with Crippen LogP contribution in [0.15, 0.2) is 206 Å². The Kier molecular flexibility index (Phi) is 8.50. The van der Waals surface area contributed by atoms with E-state index < -0.39 is 0 Å². The van der Waals surface area contributed by atoms with Gasteiger partial charge in [-0.1, -0.05) is 188 Å². The molecule has 0 radical (unpaired) electrons. The van der Waals surface area contributed by atoms with E-state index in [2.05, 4.69) is 200 Å². The van der Waals surface area contributed by atoms with Crippen molar-refractivity contribution in [2.45, 2.75) is 37.5 Å². The van der Waals surface area contributed by atoms with Crippen LogP contribution in [0.1, 0.15) is 43.2 Å². The Hall–Kier alpha value is -7.42. The SMILES string of the molecule is c1ccc(-c2ccc(-c3cc(-c4ccc(-c5ccc(-c6cccc7c6-c6cc8ccccc8cc6C76C7CC8CC(C7)CC6C8)cc5)c5ccccc45)nc(-c4ccccc4)n3)cc2)cc1. The molecule has 0 saturated heterocycles. The van der Waals surface area contributed by atoms with Crippen molar-refractivity contribution in [3.63, 3.8) is 0 Å². The van der Waals surface area contributed by atoms with Gasteiger partial charge in [0.05, 0.1) is 11.4 Å². The molecule has 2 nitrogen and oxygen atoms in total. The van der Waals surface area contributed by atoms with Crippen molar-refractivity contribution in [1.82, 2.24) is 9.97 Å². The number of nitrogens with zero attached hydrogens (tertiary/aromatic N) is 2. The summed E-state index contributed by atoms with van der Waals surface area (Å²) in [5.74, 6) is 4.01. The minimum absolute atomic E-state index is 0.123. The summed E-state index contributed by atoms with van der Waals surface area (Å²) >= 11 is 0. The highest BCUT2D eigenvalue weighted by Crippen LogP contribution is 2.70. The van der Waals surface area contributed by atoms with Crippen molar-refractivity contribution in [3.8, 4) is 78.4 Å². The first-order valence-corrected chi connectivity index (χ1v) is 24.1. The number of hydrogen-bond donors (Lipinski definition) is 0. The van der Waals surface area contributed by atoms with Gasteiger partial charge in [0.15, 0.2) is 5.82 Å². The number of fused-ring (bicyclic) bond motifs is 5. The smallest absolute Gasteiger partial charge is 0.160 e. The third-order valence-corrected chi connectivity index (χ3v) is 16.3. The highest BCUT2D eigenvalue weighted by Gasteiger charge is 2.61. The summed E-state index contributed by atoms with van der Waals surface area (Å²) in [6.45, 7) is 0. The van der Waals surface area contributed by atoms with E-state index in [4.69, 9.17) is 9.97 Å². The number of aromatic nitrogens is 2. The van der Waals surface area contributed by atoms with Crippen molar-refractivity contribution in [2.24, 2.45) is 23.7 Å². The molecule has 1 aromatic heterocycles. The number of rotatable bonds is 6. The zero-order valence-electron chi connectivity index (χ0n) is 36.9. The molecule has 9 aromatic carbocycles. The van der Waals surface area contributed by atoms with E-state index in [9.17, 15) is 0 Å². The fourth-order valence-electron chi connectivity index (χ4n) is 13.7. The molecule has 0 N–H and O–H groups in total. The van der Waals surface area contributed by atoms with E-state index in [-0.39, 0.29) is 5.41 Å². The van der Waals surface area contributed by atoms with Crippen LogP contribution in [0.2, 0.25) is 0 Å². The predicted molar refractivity (Wildman–Crippen MR) is 273 cm³/mol. The van der Waals surface area contributed by atoms with E-state index in [0.717, 1.165) is 57.6 Å². The highest BCUT2D eigenvalue weighted by atomic mass is 14.9. The largest absolute Gasteiger partial charge is 0.228 e. The van der Waals surface area contributed by atoms with E-state index in [1.807, 2.05) is 6.07 Å². The standard InChI is InChI=1S/C64H48N2/c1-3-12-42(13-4-1)43-22-28-46(29-23-43)60-39-61(66-63(65-60)47-14-5-2-6-15-47)56-31-30-52(54-18-9-10-19-55(54)56)44-24-26-45(27-25-44)53-20-11-21-58-62(53)57-37-48-16-7-8-17-49(48)38-59(57)64(58)50-33-40-32-41(35-50)36-51(64)34-40/h1-31,37-41,50-51H,32-36H2. The summed E-state index contributed by atoms with van der Waals surface area (Å²) in [5.41, 5.74) is 18.7. The van der Waals surface area contributed by atoms with Gasteiger partial charge in [0.25, 0.3) is 0 Å². The van der Waals surface area contributed by atoms with Gasteiger partial charge >= 0.3 is 0 Å². The highest BCUT2D eigenvalue weighted by molar-refractivity contribution is 6.05. The normalized spacial score (nSPS) is 21.1. The topological polar surface area (TPSA) is 25.8 Å². The van der Waals surface area contributed by atoms with Gasteiger partial charge in [-0.05, 0) is 151 Å². The number of benzene rings is 9. The third-order valence-electron chi connectivity index (χ3n) is 16.3. The van der Waals surface area contributed by atoms with E-state index in [0.29, 0.717) is 0 Å². The van der Waals surface area contributed by atoms with Crippen molar-refractivity contribution < 1.29 is 0 Å². The molecule has 15 rings (SSSR count). The van der Waals surface area contributed by atoms with E-state index in [1.165, 1.54) is 98.2 Å². The lowest BCUT2D eigenvalue weighted by molar-refractivity contribution is -0.0398. The second kappa shape index (κ2) is 14.8. The first-order chi connectivity index (χ1) is 32.7. The monoisotopic (exact) mass is 844 g/mol.